The lowest BCUT2D eigenvalue weighted by molar-refractivity contribution is -0.131. The van der Waals surface area contributed by atoms with Gasteiger partial charge in [-0.1, -0.05) is 12.1 Å². The Hall–Kier alpha value is -2.14. The third kappa shape index (κ3) is 4.48. The van der Waals surface area contributed by atoms with Crippen LogP contribution in [-0.4, -0.2) is 46.1 Å². The fourth-order valence-corrected chi connectivity index (χ4v) is 3.27. The summed E-state index contributed by atoms with van der Waals surface area (Å²) >= 11 is 0. The van der Waals surface area contributed by atoms with Crippen molar-refractivity contribution in [3.8, 4) is 0 Å². The van der Waals surface area contributed by atoms with E-state index >= 15 is 0 Å². The molecular formula is C20H26N2O3. The molecular weight excluding hydrogens is 316 g/mol. The maximum Gasteiger partial charge on any atom is 0.251 e. The molecule has 1 aliphatic heterocycles. The van der Waals surface area contributed by atoms with Gasteiger partial charge in [0.05, 0.1) is 11.6 Å². The van der Waals surface area contributed by atoms with Gasteiger partial charge in [-0.05, 0) is 63.3 Å². The van der Waals surface area contributed by atoms with Gasteiger partial charge in [-0.3, -0.25) is 9.59 Å². The van der Waals surface area contributed by atoms with Gasteiger partial charge in [0.15, 0.2) is 0 Å². The van der Waals surface area contributed by atoms with E-state index in [0.29, 0.717) is 18.2 Å². The van der Waals surface area contributed by atoms with Crippen molar-refractivity contribution in [2.75, 3.05) is 6.54 Å². The first-order chi connectivity index (χ1) is 11.8. The fourth-order valence-electron chi connectivity index (χ4n) is 3.27. The van der Waals surface area contributed by atoms with Crippen LogP contribution in [0, 0.1) is 0 Å². The molecule has 1 saturated carbocycles. The second-order valence-corrected chi connectivity index (χ2v) is 7.55. The van der Waals surface area contributed by atoms with Crippen LogP contribution < -0.4 is 5.32 Å². The topological polar surface area (TPSA) is 69.6 Å². The Labute approximate surface area is 148 Å². The van der Waals surface area contributed by atoms with Gasteiger partial charge >= 0.3 is 0 Å². The zero-order valence-corrected chi connectivity index (χ0v) is 14.9. The van der Waals surface area contributed by atoms with Crippen molar-refractivity contribution in [1.82, 2.24) is 10.2 Å². The molecule has 1 aromatic carbocycles. The minimum Gasteiger partial charge on any atom is -0.388 e. The number of hydrogen-bond acceptors (Lipinski definition) is 3. The smallest absolute Gasteiger partial charge is 0.251 e. The highest BCUT2D eigenvalue weighted by atomic mass is 16.3. The van der Waals surface area contributed by atoms with E-state index in [1.165, 1.54) is 0 Å². The van der Waals surface area contributed by atoms with Crippen LogP contribution >= 0.6 is 0 Å². The number of nitrogens with one attached hydrogen (secondary N) is 1. The van der Waals surface area contributed by atoms with Crippen LogP contribution in [0.5, 0.6) is 0 Å². The Morgan fingerprint density at radius 1 is 1.20 bits per heavy atom. The Kier molecular flexibility index (Phi) is 4.95. The van der Waals surface area contributed by atoms with E-state index in [0.717, 1.165) is 31.2 Å². The summed E-state index contributed by atoms with van der Waals surface area (Å²) in [6.45, 7) is 4.18. The molecule has 0 radical (unpaired) electrons. The summed E-state index contributed by atoms with van der Waals surface area (Å²) < 4.78 is 0. The number of benzene rings is 1. The Bertz CT molecular complexity index is 669. The maximum atomic E-state index is 12.4. The number of nitrogens with zero attached hydrogens (tertiary/aromatic N) is 1. The third-order valence-electron chi connectivity index (χ3n) is 4.86. The second kappa shape index (κ2) is 7.00. The fraction of sp³-hybridized carbons (Fsp3) is 0.500. The van der Waals surface area contributed by atoms with Crippen LogP contribution in [0.3, 0.4) is 0 Å². The number of amides is 2. The van der Waals surface area contributed by atoms with Gasteiger partial charge in [0.1, 0.15) is 0 Å². The molecule has 1 aliphatic carbocycles. The normalized spacial score (nSPS) is 20.9. The minimum absolute atomic E-state index is 0.0424. The van der Waals surface area contributed by atoms with E-state index in [1.54, 1.807) is 43.0 Å². The molecule has 3 rings (SSSR count). The number of carbonyl (C=O) groups excluding carboxylic acids is 2. The van der Waals surface area contributed by atoms with Crippen molar-refractivity contribution in [3.05, 3.63) is 41.5 Å². The highest BCUT2D eigenvalue weighted by molar-refractivity contribution is 5.95. The molecule has 5 heteroatoms. The van der Waals surface area contributed by atoms with Crippen LogP contribution in [-0.2, 0) is 4.79 Å². The quantitative estimate of drug-likeness (QED) is 0.807. The van der Waals surface area contributed by atoms with Crippen molar-refractivity contribution < 1.29 is 14.7 Å². The summed E-state index contributed by atoms with van der Waals surface area (Å²) in [6.07, 6.45) is 7.18. The van der Waals surface area contributed by atoms with Crippen LogP contribution in [0.2, 0.25) is 0 Å². The third-order valence-corrected chi connectivity index (χ3v) is 4.86. The number of aliphatic hydroxyl groups is 1. The van der Waals surface area contributed by atoms with Crippen molar-refractivity contribution >= 4 is 17.9 Å². The molecule has 1 aromatic rings. The second-order valence-electron chi connectivity index (χ2n) is 7.55. The van der Waals surface area contributed by atoms with Gasteiger partial charge < -0.3 is 15.3 Å². The molecule has 1 atom stereocenters. The Morgan fingerprint density at radius 3 is 2.48 bits per heavy atom. The monoisotopic (exact) mass is 342 g/mol. The number of hydrogen-bond donors (Lipinski definition) is 2. The Balaban J connectivity index is 1.61. The molecule has 5 nitrogen and oxygen atoms in total. The maximum absolute atomic E-state index is 12.4. The van der Waals surface area contributed by atoms with Crippen LogP contribution in [0.4, 0.5) is 0 Å². The number of rotatable bonds is 5. The molecule has 134 valence electrons. The van der Waals surface area contributed by atoms with E-state index in [4.69, 9.17) is 0 Å². The van der Waals surface area contributed by atoms with Gasteiger partial charge in [-0.15, -0.1) is 0 Å². The van der Waals surface area contributed by atoms with Crippen molar-refractivity contribution in [3.63, 3.8) is 0 Å². The molecule has 0 bridgehead atoms. The summed E-state index contributed by atoms with van der Waals surface area (Å²) in [7, 11) is 0. The first-order valence-corrected chi connectivity index (χ1v) is 8.96. The summed E-state index contributed by atoms with van der Waals surface area (Å²) in [5.74, 6) is -0.126. The highest BCUT2D eigenvalue weighted by Crippen LogP contribution is 2.27. The van der Waals surface area contributed by atoms with E-state index in [1.807, 2.05) is 12.1 Å². The van der Waals surface area contributed by atoms with Gasteiger partial charge in [-0.2, -0.15) is 0 Å². The van der Waals surface area contributed by atoms with Crippen molar-refractivity contribution in [2.45, 2.75) is 57.2 Å². The predicted octanol–water partition coefficient (Wildman–Crippen LogP) is 2.35. The summed E-state index contributed by atoms with van der Waals surface area (Å²) in [5, 5.41) is 13.2. The lowest BCUT2D eigenvalue weighted by Crippen LogP contribution is -2.47. The van der Waals surface area contributed by atoms with Gasteiger partial charge in [0.2, 0.25) is 5.91 Å². The van der Waals surface area contributed by atoms with Gasteiger partial charge in [-0.25, -0.2) is 0 Å². The molecule has 2 fully saturated rings. The van der Waals surface area contributed by atoms with Crippen LogP contribution in [0.15, 0.2) is 30.3 Å². The molecule has 1 saturated heterocycles. The van der Waals surface area contributed by atoms with Crippen molar-refractivity contribution in [2.24, 2.45) is 0 Å². The molecule has 25 heavy (non-hydrogen) atoms. The largest absolute Gasteiger partial charge is 0.388 e. The molecule has 2 aliphatic rings. The lowest BCUT2D eigenvalue weighted by atomic mass is 9.96. The highest BCUT2D eigenvalue weighted by Gasteiger charge is 2.37. The molecule has 0 spiro atoms. The number of carbonyl (C=O) groups is 2. The number of likely N-dealkylation sites (tertiary alicyclic amines) is 1. The van der Waals surface area contributed by atoms with E-state index in [2.05, 4.69) is 5.32 Å². The molecule has 2 amide bonds. The van der Waals surface area contributed by atoms with Crippen molar-refractivity contribution in [1.29, 1.82) is 0 Å². The average Bonchev–Trinajstić information content (AvgIpc) is 3.23. The van der Waals surface area contributed by atoms with Gasteiger partial charge in [0.25, 0.3) is 5.91 Å². The first kappa shape index (κ1) is 17.7. The van der Waals surface area contributed by atoms with Gasteiger partial charge in [0, 0.05) is 24.2 Å². The van der Waals surface area contributed by atoms with Crippen LogP contribution in [0.1, 0.15) is 55.5 Å². The summed E-state index contributed by atoms with van der Waals surface area (Å²) in [4.78, 5) is 26.1. The first-order valence-electron chi connectivity index (χ1n) is 8.96. The molecule has 2 N–H and O–H groups in total. The van der Waals surface area contributed by atoms with Crippen LogP contribution in [0.25, 0.3) is 6.08 Å². The Morgan fingerprint density at radius 2 is 1.88 bits per heavy atom. The average molecular weight is 342 g/mol. The molecule has 1 unspecified atom stereocenters. The van der Waals surface area contributed by atoms with E-state index in [9.17, 15) is 14.7 Å². The summed E-state index contributed by atoms with van der Waals surface area (Å²) in [5.41, 5.74) is 0.615. The van der Waals surface area contributed by atoms with E-state index < -0.39 is 5.60 Å². The predicted molar refractivity (Wildman–Crippen MR) is 97.0 cm³/mol. The lowest BCUT2D eigenvalue weighted by Gasteiger charge is -2.33. The zero-order chi connectivity index (χ0) is 18.0. The summed E-state index contributed by atoms with van der Waals surface area (Å²) in [6, 6.07) is 7.42. The molecule has 0 aromatic heterocycles. The van der Waals surface area contributed by atoms with E-state index in [-0.39, 0.29) is 17.9 Å². The zero-order valence-electron chi connectivity index (χ0n) is 14.9. The SMILES string of the molecule is CC(C)(O)C1CCCN1C(=O)/C=C/c1ccc(C(=O)NC2CC2)cc1. The standard InChI is InChI=1S/C20H26N2O3/c1-20(2,25)17-4-3-13-22(17)18(23)12-7-14-5-8-15(9-6-14)19(24)21-16-10-11-16/h5-9,12,16-17,25H,3-4,10-11,13H2,1-2H3,(H,21,24)/b12-7+. The molecule has 1 heterocycles. The minimum atomic E-state index is -0.892.